The zero-order valence-corrected chi connectivity index (χ0v) is 13.0. The van der Waals surface area contributed by atoms with Crippen LogP contribution in [0.1, 0.15) is 19.4 Å². The molecule has 0 aromatic heterocycles. The molecule has 4 nitrogen and oxygen atoms in total. The first-order valence-electron chi connectivity index (χ1n) is 6.48. The van der Waals surface area contributed by atoms with Crippen molar-refractivity contribution >= 4 is 21.6 Å². The molecule has 1 aromatic carbocycles. The van der Waals surface area contributed by atoms with Gasteiger partial charge in [-0.2, -0.15) is 0 Å². The molecular weight excluding hydrogens is 308 g/mol. The highest BCUT2D eigenvalue weighted by Gasteiger charge is 2.33. The highest BCUT2D eigenvalue weighted by molar-refractivity contribution is 9.10. The van der Waals surface area contributed by atoms with Crippen molar-refractivity contribution in [3.8, 4) is 0 Å². The summed E-state index contributed by atoms with van der Waals surface area (Å²) in [5.41, 5.74) is 7.79. The van der Waals surface area contributed by atoms with Crippen LogP contribution in [0.15, 0.2) is 22.7 Å². The standard InChI is InChI=1S/C14H21BrN2O2/c1-14(2)9-17(7-10(8-18)19-14)13-5-3-4-12(15)11(13)6-16/h3-5,10,18H,6-9,16H2,1-2H3. The Morgan fingerprint density at radius 2 is 2.26 bits per heavy atom. The van der Waals surface area contributed by atoms with E-state index < -0.39 is 0 Å². The first-order valence-corrected chi connectivity index (χ1v) is 7.27. The van der Waals surface area contributed by atoms with Gasteiger partial charge in [0.1, 0.15) is 0 Å². The van der Waals surface area contributed by atoms with Crippen molar-refractivity contribution in [1.29, 1.82) is 0 Å². The van der Waals surface area contributed by atoms with E-state index >= 15 is 0 Å². The number of hydrogen-bond acceptors (Lipinski definition) is 4. The molecule has 1 aliphatic heterocycles. The quantitative estimate of drug-likeness (QED) is 0.889. The van der Waals surface area contributed by atoms with Crippen molar-refractivity contribution in [2.24, 2.45) is 5.73 Å². The van der Waals surface area contributed by atoms with Crippen LogP contribution in [0.4, 0.5) is 5.69 Å². The smallest absolute Gasteiger partial charge is 0.0988 e. The number of benzene rings is 1. The largest absolute Gasteiger partial charge is 0.394 e. The summed E-state index contributed by atoms with van der Waals surface area (Å²) in [6.45, 7) is 6.07. The molecule has 1 heterocycles. The summed E-state index contributed by atoms with van der Waals surface area (Å²) in [6, 6.07) is 6.08. The number of ether oxygens (including phenoxy) is 1. The zero-order valence-electron chi connectivity index (χ0n) is 11.4. The van der Waals surface area contributed by atoms with Crippen LogP contribution in [0.2, 0.25) is 0 Å². The molecule has 0 amide bonds. The van der Waals surface area contributed by atoms with Gasteiger partial charge in [-0.3, -0.25) is 0 Å². The van der Waals surface area contributed by atoms with E-state index in [1.165, 1.54) is 0 Å². The molecule has 3 N–H and O–H groups in total. The fourth-order valence-corrected chi connectivity index (χ4v) is 3.14. The van der Waals surface area contributed by atoms with Gasteiger partial charge in [0.15, 0.2) is 0 Å². The maximum atomic E-state index is 9.38. The van der Waals surface area contributed by atoms with Crippen LogP contribution >= 0.6 is 15.9 Å². The normalized spacial score (nSPS) is 22.6. The fourth-order valence-electron chi connectivity index (χ4n) is 2.62. The van der Waals surface area contributed by atoms with Crippen LogP contribution in [0.3, 0.4) is 0 Å². The number of nitrogens with zero attached hydrogens (tertiary/aromatic N) is 1. The first-order chi connectivity index (χ1) is 8.96. The molecule has 1 aliphatic rings. The SMILES string of the molecule is CC1(C)CN(c2cccc(Br)c2CN)CC(CO)O1. The van der Waals surface area contributed by atoms with Gasteiger partial charge in [-0.15, -0.1) is 0 Å². The van der Waals surface area contributed by atoms with Gasteiger partial charge in [0.2, 0.25) is 0 Å². The van der Waals surface area contributed by atoms with E-state index in [-0.39, 0.29) is 18.3 Å². The highest BCUT2D eigenvalue weighted by Crippen LogP contribution is 2.31. The molecule has 0 radical (unpaired) electrons. The van der Waals surface area contributed by atoms with E-state index in [2.05, 4.69) is 26.9 Å². The van der Waals surface area contributed by atoms with Gasteiger partial charge >= 0.3 is 0 Å². The van der Waals surface area contributed by atoms with Gasteiger partial charge in [-0.1, -0.05) is 22.0 Å². The lowest BCUT2D eigenvalue weighted by atomic mass is 10.0. The summed E-state index contributed by atoms with van der Waals surface area (Å²) < 4.78 is 6.87. The summed E-state index contributed by atoms with van der Waals surface area (Å²) in [5, 5.41) is 9.38. The van der Waals surface area contributed by atoms with E-state index in [1.807, 2.05) is 26.0 Å². The molecule has 0 aliphatic carbocycles. The topological polar surface area (TPSA) is 58.7 Å². The predicted octanol–water partition coefficient (Wildman–Crippen LogP) is 1.88. The molecule has 1 fully saturated rings. The monoisotopic (exact) mass is 328 g/mol. The number of nitrogens with two attached hydrogens (primary N) is 1. The summed E-state index contributed by atoms with van der Waals surface area (Å²) in [6.07, 6.45) is -0.159. The van der Waals surface area contributed by atoms with Gasteiger partial charge in [-0.25, -0.2) is 0 Å². The molecule has 1 aromatic rings. The molecule has 0 spiro atoms. The van der Waals surface area contributed by atoms with Crippen LogP contribution < -0.4 is 10.6 Å². The number of hydrogen-bond donors (Lipinski definition) is 2. The summed E-state index contributed by atoms with van der Waals surface area (Å²) in [5.74, 6) is 0. The summed E-state index contributed by atoms with van der Waals surface area (Å²) in [7, 11) is 0. The van der Waals surface area contributed by atoms with Crippen LogP contribution in [-0.4, -0.2) is 36.5 Å². The second kappa shape index (κ2) is 5.79. The lowest BCUT2D eigenvalue weighted by Gasteiger charge is -2.44. The van der Waals surface area contributed by atoms with Crippen molar-refractivity contribution in [2.75, 3.05) is 24.6 Å². The van der Waals surface area contributed by atoms with E-state index in [4.69, 9.17) is 10.5 Å². The number of aliphatic hydroxyl groups excluding tert-OH is 1. The third kappa shape index (κ3) is 3.28. The summed E-state index contributed by atoms with van der Waals surface area (Å²) >= 11 is 3.55. The third-order valence-corrected chi connectivity index (χ3v) is 4.07. The minimum atomic E-state index is -0.278. The minimum absolute atomic E-state index is 0.0336. The van der Waals surface area contributed by atoms with Gasteiger partial charge < -0.3 is 20.5 Å². The molecule has 1 atom stereocenters. The Kier molecular flexibility index (Phi) is 4.50. The Bertz CT molecular complexity index is 451. The molecular formula is C14H21BrN2O2. The van der Waals surface area contributed by atoms with Gasteiger partial charge in [-0.05, 0) is 26.0 Å². The maximum Gasteiger partial charge on any atom is 0.0988 e. The van der Waals surface area contributed by atoms with Crippen molar-refractivity contribution in [1.82, 2.24) is 0 Å². The van der Waals surface area contributed by atoms with Crippen LogP contribution in [-0.2, 0) is 11.3 Å². The lowest BCUT2D eigenvalue weighted by molar-refractivity contribution is -0.101. The van der Waals surface area contributed by atoms with E-state index in [1.54, 1.807) is 0 Å². The molecule has 0 bridgehead atoms. The molecule has 106 valence electrons. The maximum absolute atomic E-state index is 9.38. The summed E-state index contributed by atoms with van der Waals surface area (Å²) in [4.78, 5) is 2.25. The zero-order chi connectivity index (χ0) is 14.0. The predicted molar refractivity (Wildman–Crippen MR) is 80.3 cm³/mol. The Morgan fingerprint density at radius 1 is 1.53 bits per heavy atom. The Labute approximate surface area is 122 Å². The van der Waals surface area contributed by atoms with Crippen LogP contribution in [0, 0.1) is 0 Å². The number of rotatable bonds is 3. The van der Waals surface area contributed by atoms with Gasteiger partial charge in [0.25, 0.3) is 0 Å². The van der Waals surface area contributed by atoms with Crippen molar-refractivity contribution in [3.63, 3.8) is 0 Å². The number of halogens is 1. The Morgan fingerprint density at radius 3 is 2.89 bits per heavy atom. The molecule has 1 saturated heterocycles. The van der Waals surface area contributed by atoms with Gasteiger partial charge in [0, 0.05) is 35.4 Å². The van der Waals surface area contributed by atoms with E-state index in [9.17, 15) is 5.11 Å². The first kappa shape index (κ1) is 14.8. The fraction of sp³-hybridized carbons (Fsp3) is 0.571. The molecule has 0 saturated carbocycles. The molecule has 2 rings (SSSR count). The number of morpholine rings is 1. The van der Waals surface area contributed by atoms with Crippen molar-refractivity contribution in [2.45, 2.75) is 32.1 Å². The second-order valence-electron chi connectivity index (χ2n) is 5.50. The van der Waals surface area contributed by atoms with Crippen molar-refractivity contribution < 1.29 is 9.84 Å². The second-order valence-corrected chi connectivity index (χ2v) is 6.36. The lowest BCUT2D eigenvalue weighted by Crippen LogP contribution is -2.54. The average Bonchev–Trinajstić information content (AvgIpc) is 2.36. The van der Waals surface area contributed by atoms with E-state index in [0.29, 0.717) is 13.1 Å². The Balaban J connectivity index is 2.33. The Hall–Kier alpha value is -0.620. The average molecular weight is 329 g/mol. The van der Waals surface area contributed by atoms with Crippen LogP contribution in [0.5, 0.6) is 0 Å². The molecule has 1 unspecified atom stereocenters. The molecule has 19 heavy (non-hydrogen) atoms. The third-order valence-electron chi connectivity index (χ3n) is 3.32. The van der Waals surface area contributed by atoms with Crippen molar-refractivity contribution in [3.05, 3.63) is 28.2 Å². The van der Waals surface area contributed by atoms with E-state index in [0.717, 1.165) is 22.3 Å². The highest BCUT2D eigenvalue weighted by atomic mass is 79.9. The number of aliphatic hydroxyl groups is 1. The molecule has 5 heteroatoms. The van der Waals surface area contributed by atoms with Gasteiger partial charge in [0.05, 0.1) is 18.3 Å². The minimum Gasteiger partial charge on any atom is -0.394 e. The van der Waals surface area contributed by atoms with Crippen LogP contribution in [0.25, 0.3) is 0 Å². The number of anilines is 1.